The van der Waals surface area contributed by atoms with E-state index in [1.807, 2.05) is 6.92 Å². The summed E-state index contributed by atoms with van der Waals surface area (Å²) in [6.07, 6.45) is 14.1. The van der Waals surface area contributed by atoms with Gasteiger partial charge >= 0.3 is 0 Å². The van der Waals surface area contributed by atoms with Gasteiger partial charge in [-0.1, -0.05) is 25.5 Å². The van der Waals surface area contributed by atoms with E-state index in [1.54, 1.807) is 31.2 Å². The van der Waals surface area contributed by atoms with Gasteiger partial charge in [0.15, 0.2) is 23.1 Å². The number of unbranched alkanes of at least 4 members (excludes halogenated alkanes) is 1. The van der Waals surface area contributed by atoms with Crippen LogP contribution in [0.1, 0.15) is 127 Å². The molecule has 44 heavy (non-hydrogen) atoms. The van der Waals surface area contributed by atoms with Crippen molar-refractivity contribution in [3.8, 4) is 11.5 Å². The van der Waals surface area contributed by atoms with Gasteiger partial charge in [0.1, 0.15) is 0 Å². The monoisotopic (exact) mass is 618 g/mol. The van der Waals surface area contributed by atoms with E-state index < -0.39 is 23.3 Å². The summed E-state index contributed by atoms with van der Waals surface area (Å²) in [6, 6.07) is 6.57. The van der Waals surface area contributed by atoms with Crippen LogP contribution in [0.2, 0.25) is 0 Å². The Bertz CT molecular complexity index is 1200. The van der Waals surface area contributed by atoms with Crippen LogP contribution in [-0.2, 0) is 4.74 Å². The Morgan fingerprint density at radius 3 is 1.61 bits per heavy atom. The molecule has 3 saturated carbocycles. The van der Waals surface area contributed by atoms with Crippen LogP contribution in [-0.4, -0.2) is 25.9 Å². The predicted octanol–water partition coefficient (Wildman–Crippen LogP) is 10.6. The maximum Gasteiger partial charge on any atom is 0.200 e. The average molecular weight is 619 g/mol. The van der Waals surface area contributed by atoms with Crippen LogP contribution in [0.3, 0.4) is 0 Å². The Morgan fingerprint density at radius 2 is 1.09 bits per heavy atom. The number of hydrogen-bond acceptors (Lipinski definition) is 3. The summed E-state index contributed by atoms with van der Waals surface area (Å²) < 4.78 is 75.6. The third-order valence-electron chi connectivity index (χ3n) is 10.7. The molecule has 0 N–H and O–H groups in total. The molecule has 0 saturated heterocycles. The molecule has 0 spiro atoms. The molecule has 244 valence electrons. The maximum absolute atomic E-state index is 14.9. The second kappa shape index (κ2) is 15.8. The molecule has 0 radical (unpaired) electrons. The summed E-state index contributed by atoms with van der Waals surface area (Å²) in [7, 11) is 0. The summed E-state index contributed by atoms with van der Waals surface area (Å²) in [5, 5.41) is 0. The van der Waals surface area contributed by atoms with Crippen molar-refractivity contribution in [2.24, 2.45) is 17.8 Å². The van der Waals surface area contributed by atoms with Crippen molar-refractivity contribution >= 4 is 0 Å². The molecule has 7 heteroatoms. The van der Waals surface area contributed by atoms with Crippen LogP contribution in [0.25, 0.3) is 0 Å². The Hall–Kier alpha value is -2.28. The van der Waals surface area contributed by atoms with Crippen LogP contribution in [0, 0.1) is 41.0 Å². The normalized spacial score (nSPS) is 27.7. The van der Waals surface area contributed by atoms with E-state index in [1.165, 1.54) is 25.7 Å². The number of hydrogen-bond donors (Lipinski definition) is 0. The van der Waals surface area contributed by atoms with Crippen LogP contribution in [0.5, 0.6) is 11.5 Å². The van der Waals surface area contributed by atoms with E-state index in [9.17, 15) is 17.6 Å². The van der Waals surface area contributed by atoms with Crippen molar-refractivity contribution in [1.82, 2.24) is 0 Å². The number of rotatable bonds is 12. The van der Waals surface area contributed by atoms with Gasteiger partial charge in [0.2, 0.25) is 11.6 Å². The van der Waals surface area contributed by atoms with E-state index in [4.69, 9.17) is 14.2 Å². The Kier molecular flexibility index (Phi) is 11.9. The zero-order chi connectivity index (χ0) is 31.1. The molecule has 3 nitrogen and oxygen atoms in total. The van der Waals surface area contributed by atoms with Gasteiger partial charge in [-0.05, 0) is 143 Å². The van der Waals surface area contributed by atoms with Gasteiger partial charge in [-0.15, -0.1) is 0 Å². The summed E-state index contributed by atoms with van der Waals surface area (Å²) in [4.78, 5) is 0. The Balaban J connectivity index is 1.01. The van der Waals surface area contributed by atoms with E-state index in [0.29, 0.717) is 42.1 Å². The lowest BCUT2D eigenvalue weighted by atomic mass is 9.68. The minimum absolute atomic E-state index is 0.00233. The highest BCUT2D eigenvalue weighted by molar-refractivity contribution is 5.34. The predicted molar refractivity (Wildman–Crippen MR) is 165 cm³/mol. The first kappa shape index (κ1) is 33.1. The van der Waals surface area contributed by atoms with E-state index >= 15 is 0 Å². The number of ether oxygens (including phenoxy) is 3. The molecule has 0 unspecified atom stereocenters. The Morgan fingerprint density at radius 1 is 0.591 bits per heavy atom. The largest absolute Gasteiger partial charge is 0.491 e. The topological polar surface area (TPSA) is 27.7 Å². The highest BCUT2D eigenvalue weighted by Gasteiger charge is 2.33. The van der Waals surface area contributed by atoms with Gasteiger partial charge in [-0.2, -0.15) is 8.78 Å². The van der Waals surface area contributed by atoms with Crippen molar-refractivity contribution in [3.05, 3.63) is 58.7 Å². The fraction of sp³-hybridized carbons (Fsp3) is 0.676. The van der Waals surface area contributed by atoms with Gasteiger partial charge in [0.05, 0.1) is 19.3 Å². The first-order valence-corrected chi connectivity index (χ1v) is 17.2. The lowest BCUT2D eigenvalue weighted by molar-refractivity contribution is -0.00764. The highest BCUT2D eigenvalue weighted by Crippen LogP contribution is 2.45. The molecule has 0 heterocycles. The van der Waals surface area contributed by atoms with E-state index in [0.717, 1.165) is 70.8 Å². The highest BCUT2D eigenvalue weighted by atomic mass is 19.2. The minimum Gasteiger partial charge on any atom is -0.491 e. The summed E-state index contributed by atoms with van der Waals surface area (Å²) >= 11 is 0. The van der Waals surface area contributed by atoms with E-state index in [2.05, 4.69) is 0 Å². The smallest absolute Gasteiger partial charge is 0.200 e. The maximum atomic E-state index is 14.9. The zero-order valence-electron chi connectivity index (χ0n) is 26.5. The van der Waals surface area contributed by atoms with Crippen LogP contribution in [0.4, 0.5) is 17.6 Å². The molecule has 2 aromatic rings. The first-order chi connectivity index (χ1) is 21.4. The molecular formula is C37H50F4O3. The van der Waals surface area contributed by atoms with Crippen molar-refractivity contribution in [2.75, 3.05) is 19.8 Å². The molecule has 0 amide bonds. The van der Waals surface area contributed by atoms with Crippen LogP contribution >= 0.6 is 0 Å². The second-order valence-corrected chi connectivity index (χ2v) is 13.4. The molecule has 0 atom stereocenters. The molecular weight excluding hydrogens is 568 g/mol. The molecule has 0 bridgehead atoms. The van der Waals surface area contributed by atoms with Crippen LogP contribution < -0.4 is 9.47 Å². The van der Waals surface area contributed by atoms with Crippen molar-refractivity contribution < 1.29 is 31.8 Å². The van der Waals surface area contributed by atoms with Gasteiger partial charge in [0.25, 0.3) is 0 Å². The fourth-order valence-corrected chi connectivity index (χ4v) is 7.97. The molecule has 0 aliphatic heterocycles. The molecule has 0 aromatic heterocycles. The van der Waals surface area contributed by atoms with Crippen molar-refractivity contribution in [1.29, 1.82) is 0 Å². The summed E-state index contributed by atoms with van der Waals surface area (Å²) in [5.74, 6) is -1.16. The minimum atomic E-state index is -0.863. The number of halogens is 4. The first-order valence-electron chi connectivity index (χ1n) is 17.2. The molecule has 3 aliphatic rings. The third kappa shape index (κ3) is 7.92. The SMILES string of the molecule is CCCCOc1ccc(C2CCC(OCC3CCC(C4CCC(c5ccc(OCC)c(F)c5F)CC4)CC3)CC2)c(F)c1F. The van der Waals surface area contributed by atoms with Gasteiger partial charge in [0, 0.05) is 6.61 Å². The molecule has 5 rings (SSSR count). The molecule has 2 aromatic carbocycles. The Labute approximate surface area is 261 Å². The zero-order valence-corrected chi connectivity index (χ0v) is 26.5. The fourth-order valence-electron chi connectivity index (χ4n) is 7.97. The van der Waals surface area contributed by atoms with Crippen molar-refractivity contribution in [3.63, 3.8) is 0 Å². The standard InChI is InChI=1S/C37H50F4O3/c1-3-5-22-43-33-21-19-31(35(39)37(33)41)28-14-16-29(17-15-28)44-23-24-6-8-25(9-7-24)26-10-12-27(13-11-26)30-18-20-32(42-4-2)36(40)34(30)38/h18-21,24-29H,3-17,22-23H2,1-2H3. The van der Waals surface area contributed by atoms with Gasteiger partial charge in [-0.3, -0.25) is 0 Å². The second-order valence-electron chi connectivity index (χ2n) is 13.4. The van der Waals surface area contributed by atoms with Crippen molar-refractivity contribution in [2.45, 2.75) is 122 Å². The van der Waals surface area contributed by atoms with Gasteiger partial charge in [-0.25, -0.2) is 8.78 Å². The molecule has 3 aliphatic carbocycles. The van der Waals surface area contributed by atoms with Crippen LogP contribution in [0.15, 0.2) is 24.3 Å². The van der Waals surface area contributed by atoms with E-state index in [-0.39, 0.29) is 29.4 Å². The quantitative estimate of drug-likeness (QED) is 0.175. The summed E-state index contributed by atoms with van der Waals surface area (Å²) in [5.41, 5.74) is 0.967. The molecule has 3 fully saturated rings. The number of benzene rings is 2. The van der Waals surface area contributed by atoms with Gasteiger partial charge < -0.3 is 14.2 Å². The lowest BCUT2D eigenvalue weighted by Gasteiger charge is -2.38. The summed E-state index contributed by atoms with van der Waals surface area (Å²) in [6.45, 7) is 5.29. The third-order valence-corrected chi connectivity index (χ3v) is 10.7. The lowest BCUT2D eigenvalue weighted by Crippen LogP contribution is -2.29. The average Bonchev–Trinajstić information content (AvgIpc) is 3.05.